The van der Waals surface area contributed by atoms with E-state index in [-0.39, 0.29) is 0 Å². The first-order valence-electron chi connectivity index (χ1n) is 7.28. The maximum absolute atomic E-state index is 3.73. The van der Waals surface area contributed by atoms with E-state index < -0.39 is 0 Å². The Morgan fingerprint density at radius 2 is 2.05 bits per heavy atom. The van der Waals surface area contributed by atoms with Gasteiger partial charge < -0.3 is 5.32 Å². The molecular formula is C17H27NS. The maximum Gasteiger partial charge on any atom is 0.0292 e. The Kier molecular flexibility index (Phi) is 8.68. The summed E-state index contributed by atoms with van der Waals surface area (Å²) in [5, 5.41) is 3.57. The van der Waals surface area contributed by atoms with Crippen molar-refractivity contribution in [2.75, 3.05) is 18.1 Å². The van der Waals surface area contributed by atoms with Gasteiger partial charge in [-0.05, 0) is 30.9 Å². The highest BCUT2D eigenvalue weighted by Crippen LogP contribution is 2.14. The molecule has 1 nitrogen and oxygen atoms in total. The van der Waals surface area contributed by atoms with Gasteiger partial charge in [0.1, 0.15) is 0 Å². The highest BCUT2D eigenvalue weighted by Gasteiger charge is 2.04. The first-order chi connectivity index (χ1) is 9.27. The lowest BCUT2D eigenvalue weighted by Crippen LogP contribution is -2.21. The largest absolute Gasteiger partial charge is 0.309 e. The van der Waals surface area contributed by atoms with Crippen LogP contribution in [0.5, 0.6) is 0 Å². The van der Waals surface area contributed by atoms with E-state index in [4.69, 9.17) is 0 Å². The standard InChI is InChI=1S/C17H27NS/c1-4-6-7-16-8-10-17(11-9-16)15(3)18-12-14-19-13-5-2/h5,8-11,15,18H,2,4,6-7,12-14H2,1,3H3. The molecule has 0 amide bonds. The van der Waals surface area contributed by atoms with Gasteiger partial charge in [0, 0.05) is 24.1 Å². The predicted molar refractivity (Wildman–Crippen MR) is 89.0 cm³/mol. The van der Waals surface area contributed by atoms with Crippen LogP contribution in [0.4, 0.5) is 0 Å². The van der Waals surface area contributed by atoms with Crippen LogP contribution in [0.15, 0.2) is 36.9 Å². The molecule has 0 heterocycles. The SMILES string of the molecule is C=CCSCCNC(C)c1ccc(CCCC)cc1. The number of nitrogens with one attached hydrogen (secondary N) is 1. The number of thioether (sulfide) groups is 1. The lowest BCUT2D eigenvalue weighted by Gasteiger charge is -2.14. The van der Waals surface area contributed by atoms with Crippen LogP contribution >= 0.6 is 11.8 Å². The Hall–Kier alpha value is -0.730. The molecule has 0 aromatic heterocycles. The van der Waals surface area contributed by atoms with Crippen LogP contribution < -0.4 is 5.32 Å². The monoisotopic (exact) mass is 277 g/mol. The zero-order chi connectivity index (χ0) is 13.9. The molecule has 0 saturated carbocycles. The van der Waals surface area contributed by atoms with Crippen LogP contribution in [0.3, 0.4) is 0 Å². The fraction of sp³-hybridized carbons (Fsp3) is 0.529. The molecule has 0 bridgehead atoms. The summed E-state index contributed by atoms with van der Waals surface area (Å²) in [4.78, 5) is 0. The van der Waals surface area contributed by atoms with Crippen LogP contribution in [-0.4, -0.2) is 18.1 Å². The van der Waals surface area contributed by atoms with Crippen LogP contribution in [0.25, 0.3) is 0 Å². The molecule has 0 radical (unpaired) electrons. The van der Waals surface area contributed by atoms with Crippen LogP contribution in [0.1, 0.15) is 43.9 Å². The summed E-state index contributed by atoms with van der Waals surface area (Å²) in [5.74, 6) is 2.19. The second kappa shape index (κ2) is 10.1. The van der Waals surface area contributed by atoms with Gasteiger partial charge in [-0.1, -0.05) is 43.7 Å². The molecular weight excluding hydrogens is 250 g/mol. The summed E-state index contributed by atoms with van der Waals surface area (Å²) in [6.45, 7) is 9.26. The van der Waals surface area contributed by atoms with E-state index in [1.54, 1.807) is 0 Å². The van der Waals surface area contributed by atoms with Crippen molar-refractivity contribution in [3.05, 3.63) is 48.0 Å². The summed E-state index contributed by atoms with van der Waals surface area (Å²) in [6.07, 6.45) is 5.72. The van der Waals surface area contributed by atoms with Gasteiger partial charge in [-0.2, -0.15) is 11.8 Å². The molecule has 0 aliphatic carbocycles. The van der Waals surface area contributed by atoms with Gasteiger partial charge in [-0.15, -0.1) is 6.58 Å². The van der Waals surface area contributed by atoms with Crippen molar-refractivity contribution in [1.82, 2.24) is 5.32 Å². The molecule has 0 aliphatic heterocycles. The van der Waals surface area contributed by atoms with Gasteiger partial charge in [-0.3, -0.25) is 0 Å². The van der Waals surface area contributed by atoms with Crippen molar-refractivity contribution < 1.29 is 0 Å². The van der Waals surface area contributed by atoms with Crippen molar-refractivity contribution in [3.8, 4) is 0 Å². The van der Waals surface area contributed by atoms with Gasteiger partial charge in [-0.25, -0.2) is 0 Å². The van der Waals surface area contributed by atoms with Gasteiger partial charge in [0.2, 0.25) is 0 Å². The minimum Gasteiger partial charge on any atom is -0.309 e. The van der Waals surface area contributed by atoms with Gasteiger partial charge in [0.15, 0.2) is 0 Å². The second-order valence-electron chi connectivity index (χ2n) is 4.88. The third kappa shape index (κ3) is 6.84. The molecule has 106 valence electrons. The fourth-order valence-electron chi connectivity index (χ4n) is 1.99. The molecule has 0 saturated heterocycles. The Morgan fingerprint density at radius 1 is 1.32 bits per heavy atom. The fourth-order valence-corrected chi connectivity index (χ4v) is 2.58. The Balaban J connectivity index is 2.31. The van der Waals surface area contributed by atoms with Crippen molar-refractivity contribution in [2.45, 2.75) is 39.2 Å². The molecule has 1 aromatic carbocycles. The third-order valence-corrected chi connectivity index (χ3v) is 4.20. The molecule has 1 N–H and O–H groups in total. The summed E-state index contributed by atoms with van der Waals surface area (Å²) in [6, 6.07) is 9.51. The number of benzene rings is 1. The van der Waals surface area contributed by atoms with Crippen LogP contribution in [0.2, 0.25) is 0 Å². The van der Waals surface area contributed by atoms with E-state index in [2.05, 4.69) is 50.0 Å². The van der Waals surface area contributed by atoms with Crippen molar-refractivity contribution in [1.29, 1.82) is 0 Å². The number of aryl methyl sites for hydroxylation is 1. The molecule has 1 unspecified atom stereocenters. The highest BCUT2D eigenvalue weighted by atomic mass is 32.2. The number of rotatable bonds is 10. The number of unbranched alkanes of at least 4 members (excludes halogenated alkanes) is 1. The first-order valence-corrected chi connectivity index (χ1v) is 8.44. The van der Waals surface area contributed by atoms with Crippen molar-refractivity contribution in [2.24, 2.45) is 0 Å². The molecule has 1 rings (SSSR count). The minimum atomic E-state index is 0.435. The van der Waals surface area contributed by atoms with E-state index in [0.29, 0.717) is 6.04 Å². The molecule has 0 spiro atoms. The Labute approximate surface area is 122 Å². The van der Waals surface area contributed by atoms with E-state index >= 15 is 0 Å². The number of hydrogen-bond acceptors (Lipinski definition) is 2. The average molecular weight is 277 g/mol. The molecule has 1 atom stereocenters. The maximum atomic E-state index is 3.73. The van der Waals surface area contributed by atoms with Gasteiger partial charge in [0.05, 0.1) is 0 Å². The van der Waals surface area contributed by atoms with Crippen molar-refractivity contribution in [3.63, 3.8) is 0 Å². The van der Waals surface area contributed by atoms with E-state index in [9.17, 15) is 0 Å². The normalized spacial score (nSPS) is 12.3. The summed E-state index contributed by atoms with van der Waals surface area (Å²) in [7, 11) is 0. The third-order valence-electron chi connectivity index (χ3n) is 3.23. The number of hydrogen-bond donors (Lipinski definition) is 1. The second-order valence-corrected chi connectivity index (χ2v) is 6.03. The Bertz CT molecular complexity index is 345. The zero-order valence-electron chi connectivity index (χ0n) is 12.3. The Morgan fingerprint density at radius 3 is 2.68 bits per heavy atom. The first kappa shape index (κ1) is 16.3. The molecule has 0 fully saturated rings. The minimum absolute atomic E-state index is 0.435. The van der Waals surface area contributed by atoms with E-state index in [0.717, 1.165) is 18.1 Å². The van der Waals surface area contributed by atoms with Gasteiger partial charge >= 0.3 is 0 Å². The molecule has 2 heteroatoms. The molecule has 19 heavy (non-hydrogen) atoms. The molecule has 1 aromatic rings. The summed E-state index contributed by atoms with van der Waals surface area (Å²) >= 11 is 1.92. The quantitative estimate of drug-likeness (QED) is 0.495. The lowest BCUT2D eigenvalue weighted by atomic mass is 10.0. The predicted octanol–water partition coefficient (Wildman–Crippen LogP) is 4.60. The van der Waals surface area contributed by atoms with Gasteiger partial charge in [0.25, 0.3) is 0 Å². The van der Waals surface area contributed by atoms with Crippen LogP contribution in [0, 0.1) is 0 Å². The van der Waals surface area contributed by atoms with E-state index in [1.807, 2.05) is 17.8 Å². The lowest BCUT2D eigenvalue weighted by molar-refractivity contribution is 0.601. The summed E-state index contributed by atoms with van der Waals surface area (Å²) in [5.41, 5.74) is 2.84. The van der Waals surface area contributed by atoms with Crippen LogP contribution in [-0.2, 0) is 6.42 Å². The molecule has 0 aliphatic rings. The zero-order valence-corrected chi connectivity index (χ0v) is 13.1. The average Bonchev–Trinajstić information content (AvgIpc) is 2.45. The summed E-state index contributed by atoms with van der Waals surface area (Å²) < 4.78 is 0. The smallest absolute Gasteiger partial charge is 0.0292 e. The van der Waals surface area contributed by atoms with E-state index in [1.165, 1.54) is 30.4 Å². The topological polar surface area (TPSA) is 12.0 Å². The van der Waals surface area contributed by atoms with Crippen molar-refractivity contribution >= 4 is 11.8 Å². The highest BCUT2D eigenvalue weighted by molar-refractivity contribution is 7.99.